The molecule has 1 aliphatic heterocycles. The predicted octanol–water partition coefficient (Wildman–Crippen LogP) is 3.61. The van der Waals surface area contributed by atoms with E-state index in [1.54, 1.807) is 0 Å². The van der Waals surface area contributed by atoms with Crippen molar-refractivity contribution in [1.82, 2.24) is 0 Å². The first kappa shape index (κ1) is 12.8. The SMILES string of the molecule is NC(CCc1ccc2c(c1)CCO2)c1ccc(Br)o1. The van der Waals surface area contributed by atoms with Gasteiger partial charge in [0.25, 0.3) is 0 Å². The molecule has 0 fully saturated rings. The molecule has 2 aromatic rings. The minimum Gasteiger partial charge on any atom is -0.493 e. The zero-order valence-electron chi connectivity index (χ0n) is 10.6. The molecule has 0 amide bonds. The molecule has 0 spiro atoms. The lowest BCUT2D eigenvalue weighted by Crippen LogP contribution is -2.10. The minimum atomic E-state index is -0.0594. The Labute approximate surface area is 120 Å². The molecule has 0 saturated heterocycles. The fourth-order valence-corrected chi connectivity index (χ4v) is 2.71. The zero-order valence-corrected chi connectivity index (χ0v) is 12.2. The summed E-state index contributed by atoms with van der Waals surface area (Å²) in [5, 5.41) is 0. The number of fused-ring (bicyclic) bond motifs is 1. The summed E-state index contributed by atoms with van der Waals surface area (Å²) in [6, 6.07) is 10.2. The van der Waals surface area contributed by atoms with Gasteiger partial charge in [-0.05, 0) is 58.1 Å². The van der Waals surface area contributed by atoms with E-state index in [9.17, 15) is 0 Å². The fraction of sp³-hybridized carbons (Fsp3) is 0.333. The summed E-state index contributed by atoms with van der Waals surface area (Å²) in [6.07, 6.45) is 2.84. The van der Waals surface area contributed by atoms with E-state index in [0.29, 0.717) is 0 Å². The van der Waals surface area contributed by atoms with Crippen LogP contribution in [0.3, 0.4) is 0 Å². The molecule has 100 valence electrons. The first-order valence-electron chi connectivity index (χ1n) is 6.48. The van der Waals surface area contributed by atoms with Crippen molar-refractivity contribution in [2.45, 2.75) is 25.3 Å². The minimum absolute atomic E-state index is 0.0594. The van der Waals surface area contributed by atoms with E-state index in [-0.39, 0.29) is 6.04 Å². The second kappa shape index (κ2) is 5.39. The molecule has 1 aliphatic rings. The fourth-order valence-electron chi connectivity index (χ4n) is 2.39. The van der Waals surface area contributed by atoms with Crippen LogP contribution in [0.25, 0.3) is 0 Å². The second-order valence-corrected chi connectivity index (χ2v) is 5.61. The highest BCUT2D eigenvalue weighted by Crippen LogP contribution is 2.27. The van der Waals surface area contributed by atoms with Gasteiger partial charge in [-0.25, -0.2) is 0 Å². The number of ether oxygens (including phenoxy) is 1. The predicted molar refractivity (Wildman–Crippen MR) is 77.3 cm³/mol. The summed E-state index contributed by atoms with van der Waals surface area (Å²) < 4.78 is 11.7. The van der Waals surface area contributed by atoms with Crippen LogP contribution in [0.5, 0.6) is 5.75 Å². The number of hydrogen-bond donors (Lipinski definition) is 1. The van der Waals surface area contributed by atoms with Gasteiger partial charge in [-0.15, -0.1) is 0 Å². The third-order valence-electron chi connectivity index (χ3n) is 3.46. The van der Waals surface area contributed by atoms with E-state index in [1.807, 2.05) is 12.1 Å². The Bertz CT molecular complexity index is 579. The number of furan rings is 1. The smallest absolute Gasteiger partial charge is 0.169 e. The molecule has 3 nitrogen and oxygen atoms in total. The van der Waals surface area contributed by atoms with Crippen LogP contribution in [0, 0.1) is 0 Å². The highest BCUT2D eigenvalue weighted by atomic mass is 79.9. The van der Waals surface area contributed by atoms with Crippen LogP contribution in [-0.2, 0) is 12.8 Å². The third-order valence-corrected chi connectivity index (χ3v) is 3.88. The van der Waals surface area contributed by atoms with Gasteiger partial charge in [-0.2, -0.15) is 0 Å². The maximum absolute atomic E-state index is 6.13. The maximum atomic E-state index is 6.13. The Morgan fingerprint density at radius 1 is 1.26 bits per heavy atom. The highest BCUT2D eigenvalue weighted by molar-refractivity contribution is 9.10. The average molecular weight is 322 g/mol. The quantitative estimate of drug-likeness (QED) is 0.935. The molecule has 1 aromatic carbocycles. The molecule has 0 saturated carbocycles. The van der Waals surface area contributed by atoms with Crippen molar-refractivity contribution >= 4 is 15.9 Å². The van der Waals surface area contributed by atoms with Gasteiger partial charge in [0.05, 0.1) is 12.6 Å². The molecule has 2 N–H and O–H groups in total. The summed E-state index contributed by atoms with van der Waals surface area (Å²) in [7, 11) is 0. The molecule has 3 rings (SSSR count). The van der Waals surface area contributed by atoms with Crippen molar-refractivity contribution in [1.29, 1.82) is 0 Å². The molecule has 1 atom stereocenters. The van der Waals surface area contributed by atoms with Gasteiger partial charge in [0.2, 0.25) is 0 Å². The van der Waals surface area contributed by atoms with Gasteiger partial charge in [-0.3, -0.25) is 0 Å². The van der Waals surface area contributed by atoms with Crippen molar-refractivity contribution in [3.63, 3.8) is 0 Å². The van der Waals surface area contributed by atoms with Crippen LogP contribution in [0.1, 0.15) is 29.3 Å². The second-order valence-electron chi connectivity index (χ2n) is 4.83. The summed E-state index contributed by atoms with van der Waals surface area (Å²) in [6.45, 7) is 0.804. The van der Waals surface area contributed by atoms with Crippen LogP contribution < -0.4 is 10.5 Å². The van der Waals surface area contributed by atoms with Crippen LogP contribution in [0.4, 0.5) is 0 Å². The number of benzene rings is 1. The van der Waals surface area contributed by atoms with Gasteiger partial charge in [0, 0.05) is 6.42 Å². The Morgan fingerprint density at radius 2 is 2.16 bits per heavy atom. The van der Waals surface area contributed by atoms with Gasteiger partial charge in [0.15, 0.2) is 4.67 Å². The van der Waals surface area contributed by atoms with Crippen LogP contribution in [-0.4, -0.2) is 6.61 Å². The molecule has 2 heterocycles. The first-order chi connectivity index (χ1) is 9.22. The summed E-state index contributed by atoms with van der Waals surface area (Å²) in [4.78, 5) is 0. The Balaban J connectivity index is 1.63. The van der Waals surface area contributed by atoms with Crippen molar-refractivity contribution < 1.29 is 9.15 Å². The Hall–Kier alpha value is -1.26. The maximum Gasteiger partial charge on any atom is 0.169 e. The van der Waals surface area contributed by atoms with Crippen molar-refractivity contribution in [2.24, 2.45) is 5.73 Å². The van der Waals surface area contributed by atoms with E-state index in [1.165, 1.54) is 11.1 Å². The zero-order chi connectivity index (χ0) is 13.2. The third kappa shape index (κ3) is 2.85. The standard InChI is InChI=1S/C15H16BrNO2/c16-15-6-5-14(19-15)12(17)3-1-10-2-4-13-11(9-10)7-8-18-13/h2,4-6,9,12H,1,3,7-8,17H2. The molecule has 0 aliphatic carbocycles. The van der Waals surface area contributed by atoms with Gasteiger partial charge in [0.1, 0.15) is 11.5 Å². The summed E-state index contributed by atoms with van der Waals surface area (Å²) in [5.74, 6) is 1.86. The molecule has 4 heteroatoms. The van der Waals surface area contributed by atoms with Crippen LogP contribution in [0.2, 0.25) is 0 Å². The van der Waals surface area contributed by atoms with Crippen molar-refractivity contribution in [2.75, 3.05) is 6.61 Å². The lowest BCUT2D eigenvalue weighted by molar-refractivity contribution is 0.357. The summed E-state index contributed by atoms with van der Waals surface area (Å²) in [5.41, 5.74) is 8.75. The lowest BCUT2D eigenvalue weighted by Gasteiger charge is -2.09. The molecular weight excluding hydrogens is 306 g/mol. The number of rotatable bonds is 4. The van der Waals surface area contributed by atoms with Gasteiger partial charge < -0.3 is 14.9 Å². The van der Waals surface area contributed by atoms with Crippen molar-refractivity contribution in [3.05, 3.63) is 51.9 Å². The van der Waals surface area contributed by atoms with Gasteiger partial charge in [-0.1, -0.05) is 12.1 Å². The first-order valence-corrected chi connectivity index (χ1v) is 7.27. The molecule has 19 heavy (non-hydrogen) atoms. The van der Waals surface area contributed by atoms with Crippen LogP contribution >= 0.6 is 15.9 Å². The number of nitrogens with two attached hydrogens (primary N) is 1. The highest BCUT2D eigenvalue weighted by Gasteiger charge is 2.14. The van der Waals surface area contributed by atoms with E-state index in [0.717, 1.165) is 42.0 Å². The van der Waals surface area contributed by atoms with Crippen molar-refractivity contribution in [3.8, 4) is 5.75 Å². The molecular formula is C15H16BrNO2. The molecule has 1 unspecified atom stereocenters. The van der Waals surface area contributed by atoms with E-state index >= 15 is 0 Å². The largest absolute Gasteiger partial charge is 0.493 e. The molecule has 1 aromatic heterocycles. The van der Waals surface area contributed by atoms with E-state index in [2.05, 4.69) is 34.1 Å². The average Bonchev–Trinajstić information content (AvgIpc) is 3.03. The molecule has 0 radical (unpaired) electrons. The normalized spacial score (nSPS) is 15.1. The van der Waals surface area contributed by atoms with E-state index < -0.39 is 0 Å². The Kier molecular flexibility index (Phi) is 3.62. The number of hydrogen-bond acceptors (Lipinski definition) is 3. The van der Waals surface area contributed by atoms with Gasteiger partial charge >= 0.3 is 0 Å². The summed E-state index contributed by atoms with van der Waals surface area (Å²) >= 11 is 3.29. The number of aryl methyl sites for hydroxylation is 1. The topological polar surface area (TPSA) is 48.4 Å². The Morgan fingerprint density at radius 3 is 2.95 bits per heavy atom. The lowest BCUT2D eigenvalue weighted by atomic mass is 10.0. The van der Waals surface area contributed by atoms with Crippen LogP contribution in [0.15, 0.2) is 39.4 Å². The molecule has 0 bridgehead atoms. The van der Waals surface area contributed by atoms with E-state index in [4.69, 9.17) is 14.9 Å². The monoisotopic (exact) mass is 321 g/mol. The number of halogens is 1.